The number of hydrogen-bond donors (Lipinski definition) is 1. The van der Waals surface area contributed by atoms with Crippen LogP contribution in [0.25, 0.3) is 0 Å². The molecule has 0 radical (unpaired) electrons. The molecule has 1 aliphatic rings. The van der Waals surface area contributed by atoms with Gasteiger partial charge in [0.15, 0.2) is 6.61 Å². The maximum atomic E-state index is 12.0. The summed E-state index contributed by atoms with van der Waals surface area (Å²) >= 11 is 0. The molecule has 0 spiro atoms. The molecule has 0 aliphatic heterocycles. The fraction of sp³-hybridized carbons (Fsp3) is 0.474. The van der Waals surface area contributed by atoms with Gasteiger partial charge in [0.1, 0.15) is 0 Å². The van der Waals surface area contributed by atoms with Gasteiger partial charge in [0.05, 0.1) is 30.3 Å². The van der Waals surface area contributed by atoms with Crippen molar-refractivity contribution in [3.05, 3.63) is 29.3 Å². The van der Waals surface area contributed by atoms with E-state index in [0.29, 0.717) is 0 Å². The van der Waals surface area contributed by atoms with Crippen LogP contribution in [0.5, 0.6) is 0 Å². The highest BCUT2D eigenvalue weighted by Crippen LogP contribution is 2.27. The minimum absolute atomic E-state index is 0.101. The van der Waals surface area contributed by atoms with Gasteiger partial charge in [-0.05, 0) is 44.9 Å². The van der Waals surface area contributed by atoms with Gasteiger partial charge in [0.2, 0.25) is 0 Å². The third-order valence-electron chi connectivity index (χ3n) is 4.02. The molecule has 1 aromatic carbocycles. The molecule has 1 saturated carbocycles. The van der Waals surface area contributed by atoms with Crippen LogP contribution in [-0.4, -0.2) is 43.6 Å². The number of esters is 3. The van der Waals surface area contributed by atoms with E-state index in [1.54, 1.807) is 13.8 Å². The normalized spacial score (nSPS) is 13.3. The van der Waals surface area contributed by atoms with Crippen molar-refractivity contribution in [3.8, 4) is 0 Å². The molecule has 1 fully saturated rings. The predicted octanol–water partition coefficient (Wildman–Crippen LogP) is 2.32. The Balaban J connectivity index is 2.08. The molecule has 8 heteroatoms. The molecule has 1 aliphatic carbocycles. The molecule has 8 nitrogen and oxygen atoms in total. The molecule has 2 rings (SSSR count). The van der Waals surface area contributed by atoms with Crippen molar-refractivity contribution in [2.24, 2.45) is 5.92 Å². The van der Waals surface area contributed by atoms with Crippen LogP contribution in [0.4, 0.5) is 5.69 Å². The summed E-state index contributed by atoms with van der Waals surface area (Å²) in [7, 11) is 0. The molecule has 0 saturated heterocycles. The van der Waals surface area contributed by atoms with Gasteiger partial charge >= 0.3 is 17.9 Å². The third kappa shape index (κ3) is 5.80. The van der Waals surface area contributed by atoms with Gasteiger partial charge in [0, 0.05) is 5.69 Å². The second-order valence-corrected chi connectivity index (χ2v) is 6.02. The molecule has 0 aromatic heterocycles. The van der Waals surface area contributed by atoms with E-state index in [0.717, 1.165) is 19.3 Å². The first kappa shape index (κ1) is 20.4. The summed E-state index contributed by atoms with van der Waals surface area (Å²) in [5, 5.41) is 2.52. The van der Waals surface area contributed by atoms with Crippen molar-refractivity contribution in [1.29, 1.82) is 0 Å². The van der Waals surface area contributed by atoms with Crippen LogP contribution in [0.3, 0.4) is 0 Å². The highest BCUT2D eigenvalue weighted by molar-refractivity contribution is 6.00. The van der Waals surface area contributed by atoms with Crippen LogP contribution in [0.15, 0.2) is 18.2 Å². The van der Waals surface area contributed by atoms with Gasteiger partial charge in [-0.15, -0.1) is 0 Å². The number of ether oxygens (including phenoxy) is 3. The van der Waals surface area contributed by atoms with Crippen LogP contribution >= 0.6 is 0 Å². The minimum Gasteiger partial charge on any atom is -0.462 e. The summed E-state index contributed by atoms with van der Waals surface area (Å²) in [4.78, 5) is 47.7. The SMILES string of the molecule is CCOC(=O)c1cc(NC(=O)COC(=O)C2CCC2)cc(C(=O)OCC)c1. The van der Waals surface area contributed by atoms with Crippen LogP contribution in [0.1, 0.15) is 53.8 Å². The lowest BCUT2D eigenvalue weighted by Gasteiger charge is -2.22. The molecule has 146 valence electrons. The fourth-order valence-corrected chi connectivity index (χ4v) is 2.46. The van der Waals surface area contributed by atoms with Gasteiger partial charge < -0.3 is 19.5 Å². The zero-order chi connectivity index (χ0) is 19.8. The summed E-state index contributed by atoms with van der Waals surface area (Å²) in [5.74, 6) is -2.34. The van der Waals surface area contributed by atoms with E-state index in [2.05, 4.69) is 5.32 Å². The molecular weight excluding hydrogens is 354 g/mol. The number of amides is 1. The summed E-state index contributed by atoms with van der Waals surface area (Å²) in [6, 6.07) is 4.10. The van der Waals surface area contributed by atoms with Gasteiger partial charge in [-0.1, -0.05) is 6.42 Å². The Hall–Kier alpha value is -2.90. The number of carbonyl (C=O) groups is 4. The number of hydrogen-bond acceptors (Lipinski definition) is 7. The quantitative estimate of drug-likeness (QED) is 0.547. The van der Waals surface area contributed by atoms with E-state index < -0.39 is 24.5 Å². The standard InChI is InChI=1S/C19H23NO7/c1-3-25-18(23)13-8-14(19(24)26-4-2)10-15(9-13)20-16(21)11-27-17(22)12-6-5-7-12/h8-10,12H,3-7,11H2,1-2H3,(H,20,21). The van der Waals surface area contributed by atoms with E-state index >= 15 is 0 Å². The minimum atomic E-state index is -0.629. The summed E-state index contributed by atoms with van der Waals surface area (Å²) in [5.41, 5.74) is 0.404. The first-order chi connectivity index (χ1) is 12.9. The van der Waals surface area contributed by atoms with Crippen molar-refractivity contribution in [2.45, 2.75) is 33.1 Å². The van der Waals surface area contributed by atoms with Crippen molar-refractivity contribution < 1.29 is 33.4 Å². The van der Waals surface area contributed by atoms with Crippen molar-refractivity contribution in [2.75, 3.05) is 25.1 Å². The van der Waals surface area contributed by atoms with Crippen molar-refractivity contribution in [3.63, 3.8) is 0 Å². The average Bonchev–Trinajstić information content (AvgIpc) is 2.58. The maximum absolute atomic E-state index is 12.0. The monoisotopic (exact) mass is 377 g/mol. The Kier molecular flexibility index (Phi) is 7.34. The molecule has 1 N–H and O–H groups in total. The van der Waals surface area contributed by atoms with Gasteiger partial charge in [-0.2, -0.15) is 0 Å². The molecule has 0 atom stereocenters. The molecule has 1 aromatic rings. The summed E-state index contributed by atoms with van der Waals surface area (Å²) in [6.07, 6.45) is 2.55. The molecule has 27 heavy (non-hydrogen) atoms. The first-order valence-electron chi connectivity index (χ1n) is 8.90. The lowest BCUT2D eigenvalue weighted by Crippen LogP contribution is -2.28. The molecule has 0 unspecified atom stereocenters. The Labute approximate surface area is 157 Å². The largest absolute Gasteiger partial charge is 0.462 e. The van der Waals surface area contributed by atoms with Crippen molar-refractivity contribution >= 4 is 29.5 Å². The Morgan fingerprint density at radius 3 is 1.93 bits per heavy atom. The highest BCUT2D eigenvalue weighted by Gasteiger charge is 2.27. The third-order valence-corrected chi connectivity index (χ3v) is 4.02. The Morgan fingerprint density at radius 1 is 0.926 bits per heavy atom. The molecule has 0 bridgehead atoms. The maximum Gasteiger partial charge on any atom is 0.338 e. The second kappa shape index (κ2) is 9.70. The van der Waals surface area contributed by atoms with Gasteiger partial charge in [-0.25, -0.2) is 9.59 Å². The lowest BCUT2D eigenvalue weighted by atomic mass is 9.86. The zero-order valence-electron chi connectivity index (χ0n) is 15.4. The van der Waals surface area contributed by atoms with E-state index in [9.17, 15) is 19.2 Å². The lowest BCUT2D eigenvalue weighted by molar-refractivity contribution is -0.154. The zero-order valence-corrected chi connectivity index (χ0v) is 15.4. The average molecular weight is 377 g/mol. The smallest absolute Gasteiger partial charge is 0.338 e. The van der Waals surface area contributed by atoms with E-state index in [4.69, 9.17) is 14.2 Å². The number of nitrogens with one attached hydrogen (secondary N) is 1. The number of carbonyl (C=O) groups excluding carboxylic acids is 4. The molecular formula is C19H23NO7. The Bertz CT molecular complexity index is 689. The van der Waals surface area contributed by atoms with E-state index in [1.807, 2.05) is 0 Å². The first-order valence-corrected chi connectivity index (χ1v) is 8.90. The number of anilines is 1. The topological polar surface area (TPSA) is 108 Å². The van der Waals surface area contributed by atoms with Crippen LogP contribution in [0.2, 0.25) is 0 Å². The highest BCUT2D eigenvalue weighted by atomic mass is 16.5. The van der Waals surface area contributed by atoms with Crippen LogP contribution in [0, 0.1) is 5.92 Å². The van der Waals surface area contributed by atoms with Gasteiger partial charge in [-0.3, -0.25) is 9.59 Å². The van der Waals surface area contributed by atoms with E-state index in [1.165, 1.54) is 18.2 Å². The van der Waals surface area contributed by atoms with Crippen LogP contribution < -0.4 is 5.32 Å². The van der Waals surface area contributed by atoms with Crippen molar-refractivity contribution in [1.82, 2.24) is 0 Å². The van der Waals surface area contributed by atoms with Crippen LogP contribution in [-0.2, 0) is 23.8 Å². The number of benzene rings is 1. The van der Waals surface area contributed by atoms with Gasteiger partial charge in [0.25, 0.3) is 5.91 Å². The predicted molar refractivity (Wildman–Crippen MR) is 95.3 cm³/mol. The molecule has 0 heterocycles. The Morgan fingerprint density at radius 2 is 1.48 bits per heavy atom. The van der Waals surface area contributed by atoms with E-state index in [-0.39, 0.29) is 41.9 Å². The summed E-state index contributed by atoms with van der Waals surface area (Å²) < 4.78 is 14.8. The fourth-order valence-electron chi connectivity index (χ4n) is 2.46. The number of rotatable bonds is 8. The second-order valence-electron chi connectivity index (χ2n) is 6.02. The summed E-state index contributed by atoms with van der Waals surface area (Å²) in [6.45, 7) is 3.22. The molecule has 1 amide bonds.